The van der Waals surface area contributed by atoms with E-state index in [9.17, 15) is 4.79 Å². The standard InChI is InChI=1S/C17H14ClN5O/c1-12(24)13-3-2-4-15(11-13)19-10-9-17-20-21-22-23(17)16-7-5-14(18)6-8-16/h2-11,19H,1H3/b10-9+. The first-order valence-electron chi connectivity index (χ1n) is 7.22. The van der Waals surface area contributed by atoms with E-state index in [2.05, 4.69) is 20.8 Å². The van der Waals surface area contributed by atoms with Gasteiger partial charge in [-0.15, -0.1) is 5.10 Å². The number of carbonyl (C=O) groups excluding carboxylic acids is 1. The minimum atomic E-state index is 0.0225. The zero-order valence-corrected chi connectivity index (χ0v) is 13.6. The predicted molar refractivity (Wildman–Crippen MR) is 93.3 cm³/mol. The number of Topliss-reactive ketones (excluding diaryl/α,β-unsaturated/α-hetero) is 1. The number of nitrogens with one attached hydrogen (secondary N) is 1. The van der Waals surface area contributed by atoms with E-state index in [1.807, 2.05) is 24.3 Å². The van der Waals surface area contributed by atoms with E-state index in [0.29, 0.717) is 16.4 Å². The summed E-state index contributed by atoms with van der Waals surface area (Å²) in [4.78, 5) is 11.4. The molecule has 1 N–H and O–H groups in total. The first kappa shape index (κ1) is 15.9. The van der Waals surface area contributed by atoms with Crippen LogP contribution in [0.25, 0.3) is 11.8 Å². The maximum Gasteiger partial charge on any atom is 0.181 e. The summed E-state index contributed by atoms with van der Waals surface area (Å²) in [6, 6.07) is 14.5. The molecule has 7 heteroatoms. The van der Waals surface area contributed by atoms with Gasteiger partial charge in [0, 0.05) is 28.5 Å². The molecule has 0 aliphatic heterocycles. The van der Waals surface area contributed by atoms with Crippen molar-refractivity contribution >= 4 is 29.1 Å². The van der Waals surface area contributed by atoms with E-state index in [1.165, 1.54) is 6.92 Å². The SMILES string of the molecule is CC(=O)c1cccc(N/C=C/c2nnnn2-c2ccc(Cl)cc2)c1. The van der Waals surface area contributed by atoms with Crippen molar-refractivity contribution in [3.63, 3.8) is 0 Å². The third-order valence-corrected chi connectivity index (χ3v) is 3.57. The quantitative estimate of drug-likeness (QED) is 0.719. The van der Waals surface area contributed by atoms with Crippen molar-refractivity contribution in [3.05, 3.63) is 71.1 Å². The van der Waals surface area contributed by atoms with E-state index in [-0.39, 0.29) is 5.78 Å². The first-order valence-corrected chi connectivity index (χ1v) is 7.60. The maximum absolute atomic E-state index is 11.4. The number of aromatic nitrogens is 4. The number of hydrogen-bond donors (Lipinski definition) is 1. The number of benzene rings is 2. The Morgan fingerprint density at radius 2 is 2.00 bits per heavy atom. The molecule has 0 atom stereocenters. The number of anilines is 1. The van der Waals surface area contributed by atoms with Gasteiger partial charge in [0.2, 0.25) is 0 Å². The van der Waals surface area contributed by atoms with Crippen LogP contribution in [0, 0.1) is 0 Å². The van der Waals surface area contributed by atoms with E-state index in [1.54, 1.807) is 41.2 Å². The summed E-state index contributed by atoms with van der Waals surface area (Å²) in [5, 5.41) is 15.4. The highest BCUT2D eigenvalue weighted by Gasteiger charge is 2.05. The van der Waals surface area contributed by atoms with Crippen molar-refractivity contribution in [2.45, 2.75) is 6.92 Å². The normalized spacial score (nSPS) is 10.9. The van der Waals surface area contributed by atoms with Gasteiger partial charge in [0.1, 0.15) is 0 Å². The summed E-state index contributed by atoms with van der Waals surface area (Å²) in [7, 11) is 0. The van der Waals surface area contributed by atoms with Crippen molar-refractivity contribution in [1.29, 1.82) is 0 Å². The molecule has 0 saturated carbocycles. The van der Waals surface area contributed by atoms with Crippen LogP contribution in [0.4, 0.5) is 5.69 Å². The summed E-state index contributed by atoms with van der Waals surface area (Å²) in [5.41, 5.74) is 2.27. The van der Waals surface area contributed by atoms with Gasteiger partial charge in [-0.05, 0) is 53.7 Å². The molecule has 24 heavy (non-hydrogen) atoms. The monoisotopic (exact) mass is 339 g/mol. The van der Waals surface area contributed by atoms with Gasteiger partial charge in [-0.2, -0.15) is 4.68 Å². The van der Waals surface area contributed by atoms with E-state index >= 15 is 0 Å². The fourth-order valence-electron chi connectivity index (χ4n) is 2.10. The summed E-state index contributed by atoms with van der Waals surface area (Å²) in [5.74, 6) is 0.585. The number of rotatable bonds is 5. The molecule has 120 valence electrons. The van der Waals surface area contributed by atoms with Crippen LogP contribution in [0.2, 0.25) is 5.02 Å². The Balaban J connectivity index is 1.76. The van der Waals surface area contributed by atoms with Crippen LogP contribution < -0.4 is 5.32 Å². The summed E-state index contributed by atoms with van der Waals surface area (Å²) in [6.45, 7) is 1.54. The summed E-state index contributed by atoms with van der Waals surface area (Å²) < 4.78 is 1.60. The smallest absolute Gasteiger partial charge is 0.181 e. The fraction of sp³-hybridized carbons (Fsp3) is 0.0588. The van der Waals surface area contributed by atoms with Gasteiger partial charge >= 0.3 is 0 Å². The number of hydrogen-bond acceptors (Lipinski definition) is 5. The molecule has 0 aliphatic carbocycles. The van der Waals surface area contributed by atoms with Gasteiger partial charge in [0.25, 0.3) is 0 Å². The number of halogens is 1. The third kappa shape index (κ3) is 3.67. The number of carbonyl (C=O) groups is 1. The van der Waals surface area contributed by atoms with Crippen molar-refractivity contribution < 1.29 is 4.79 Å². The van der Waals surface area contributed by atoms with Gasteiger partial charge in [-0.3, -0.25) is 4.79 Å². The Bertz CT molecular complexity index is 886. The highest BCUT2D eigenvalue weighted by atomic mass is 35.5. The molecule has 0 amide bonds. The highest BCUT2D eigenvalue weighted by Crippen LogP contribution is 2.15. The molecular formula is C17H14ClN5O. The Morgan fingerprint density at radius 3 is 2.75 bits per heavy atom. The topological polar surface area (TPSA) is 72.7 Å². The molecule has 0 bridgehead atoms. The molecule has 3 aromatic rings. The lowest BCUT2D eigenvalue weighted by Crippen LogP contribution is -2.00. The number of ketones is 1. The largest absolute Gasteiger partial charge is 0.362 e. The van der Waals surface area contributed by atoms with Crippen LogP contribution >= 0.6 is 11.6 Å². The van der Waals surface area contributed by atoms with E-state index < -0.39 is 0 Å². The maximum atomic E-state index is 11.4. The van der Waals surface area contributed by atoms with Crippen LogP contribution in [0.5, 0.6) is 0 Å². The lowest BCUT2D eigenvalue weighted by molar-refractivity contribution is 0.101. The van der Waals surface area contributed by atoms with Crippen molar-refractivity contribution in [2.75, 3.05) is 5.32 Å². The summed E-state index contributed by atoms with van der Waals surface area (Å²) in [6.07, 6.45) is 3.46. The fourth-order valence-corrected chi connectivity index (χ4v) is 2.23. The Morgan fingerprint density at radius 1 is 1.21 bits per heavy atom. The van der Waals surface area contributed by atoms with Crippen LogP contribution in [0.3, 0.4) is 0 Å². The van der Waals surface area contributed by atoms with Crippen LogP contribution in [0.1, 0.15) is 23.1 Å². The molecule has 1 aromatic heterocycles. The molecule has 0 fully saturated rings. The van der Waals surface area contributed by atoms with Gasteiger partial charge in [-0.25, -0.2) is 0 Å². The van der Waals surface area contributed by atoms with Crippen molar-refractivity contribution in [3.8, 4) is 5.69 Å². The van der Waals surface area contributed by atoms with Crippen molar-refractivity contribution in [1.82, 2.24) is 20.2 Å². The van der Waals surface area contributed by atoms with Crippen LogP contribution in [0.15, 0.2) is 54.7 Å². The molecule has 0 radical (unpaired) electrons. The second kappa shape index (κ2) is 7.06. The average Bonchev–Trinajstić information content (AvgIpc) is 3.04. The van der Waals surface area contributed by atoms with Gasteiger partial charge in [0.15, 0.2) is 11.6 Å². The number of nitrogens with zero attached hydrogens (tertiary/aromatic N) is 4. The summed E-state index contributed by atoms with van der Waals surface area (Å²) >= 11 is 5.89. The predicted octanol–water partition coefficient (Wildman–Crippen LogP) is 3.60. The van der Waals surface area contributed by atoms with Crippen LogP contribution in [-0.2, 0) is 0 Å². The molecule has 2 aromatic carbocycles. The highest BCUT2D eigenvalue weighted by molar-refractivity contribution is 6.30. The van der Waals surface area contributed by atoms with E-state index in [4.69, 9.17) is 11.6 Å². The molecule has 0 spiro atoms. The molecular weight excluding hydrogens is 326 g/mol. The average molecular weight is 340 g/mol. The third-order valence-electron chi connectivity index (χ3n) is 3.32. The number of tetrazole rings is 1. The zero-order chi connectivity index (χ0) is 16.9. The van der Waals surface area contributed by atoms with Gasteiger partial charge in [0.05, 0.1) is 5.69 Å². The zero-order valence-electron chi connectivity index (χ0n) is 12.8. The molecule has 3 rings (SSSR count). The van der Waals surface area contributed by atoms with E-state index in [0.717, 1.165) is 11.4 Å². The Labute approximate surface area is 143 Å². The minimum absolute atomic E-state index is 0.0225. The Kier molecular flexibility index (Phi) is 4.67. The van der Waals surface area contributed by atoms with Crippen molar-refractivity contribution in [2.24, 2.45) is 0 Å². The molecule has 0 saturated heterocycles. The second-order valence-electron chi connectivity index (χ2n) is 5.04. The molecule has 6 nitrogen and oxygen atoms in total. The lowest BCUT2D eigenvalue weighted by Gasteiger charge is -2.03. The minimum Gasteiger partial charge on any atom is -0.362 e. The second-order valence-corrected chi connectivity index (χ2v) is 5.48. The van der Waals surface area contributed by atoms with Crippen LogP contribution in [-0.4, -0.2) is 26.0 Å². The van der Waals surface area contributed by atoms with Gasteiger partial charge in [-0.1, -0.05) is 23.7 Å². The lowest BCUT2D eigenvalue weighted by atomic mass is 10.1. The molecule has 0 aliphatic rings. The molecule has 1 heterocycles. The Hall–Kier alpha value is -2.99. The first-order chi connectivity index (χ1) is 11.6. The van der Waals surface area contributed by atoms with Gasteiger partial charge < -0.3 is 5.32 Å². The molecule has 0 unspecified atom stereocenters.